The number of hydrogen-bond donors (Lipinski definition) is 0. The largest absolute Gasteiger partial charge is 0.263 e. The Kier molecular flexibility index (Phi) is 9.42. The third-order valence-electron chi connectivity index (χ3n) is 0.631. The van der Waals surface area contributed by atoms with E-state index in [2.05, 4.69) is 9.97 Å². The molecule has 0 unspecified atom stereocenters. The smallest absolute Gasteiger partial charge is 0.243 e. The van der Waals surface area contributed by atoms with Crippen LogP contribution in [0.25, 0.3) is 0 Å². The van der Waals surface area contributed by atoms with Gasteiger partial charge in [-0.05, 0) is 0 Å². The van der Waals surface area contributed by atoms with Crippen molar-refractivity contribution in [2.45, 2.75) is 21.3 Å². The standard InChI is InChI=1S/C4H6N3.C2H6.CH4/c1-7-3-5-2-6-4-7;1-2;/h2-4H,1H3;1-2H3;1H4/q+1;;. The van der Waals surface area contributed by atoms with Crippen molar-refractivity contribution in [1.82, 2.24) is 9.97 Å². The van der Waals surface area contributed by atoms with Crippen LogP contribution in [0.1, 0.15) is 21.3 Å². The average Bonchev–Trinajstić information content (AvgIpc) is 1.94. The molecule has 0 saturated carbocycles. The summed E-state index contributed by atoms with van der Waals surface area (Å²) in [5, 5.41) is 0. The van der Waals surface area contributed by atoms with E-state index >= 15 is 0 Å². The lowest BCUT2D eigenvalue weighted by atomic mass is 11.0. The predicted molar refractivity (Wildman–Crippen MR) is 41.3 cm³/mol. The molecule has 0 aliphatic rings. The minimum Gasteiger partial charge on any atom is -0.243 e. The molecular weight excluding hydrogens is 126 g/mol. The van der Waals surface area contributed by atoms with Crippen LogP contribution in [0.4, 0.5) is 0 Å². The van der Waals surface area contributed by atoms with Gasteiger partial charge in [-0.15, -0.1) is 0 Å². The molecule has 0 atom stereocenters. The summed E-state index contributed by atoms with van der Waals surface area (Å²) >= 11 is 0. The molecule has 58 valence electrons. The Morgan fingerprint density at radius 3 is 1.70 bits per heavy atom. The Bertz CT molecular complexity index is 139. The molecule has 3 heteroatoms. The van der Waals surface area contributed by atoms with Crippen LogP contribution in [0.5, 0.6) is 0 Å². The van der Waals surface area contributed by atoms with Gasteiger partial charge in [-0.25, -0.2) is 4.57 Å². The normalized spacial score (nSPS) is 6.70. The third-order valence-corrected chi connectivity index (χ3v) is 0.631. The highest BCUT2D eigenvalue weighted by Crippen LogP contribution is 1.55. The maximum atomic E-state index is 3.74. The van der Waals surface area contributed by atoms with E-state index in [9.17, 15) is 0 Å². The van der Waals surface area contributed by atoms with Crippen LogP contribution in [-0.4, -0.2) is 9.97 Å². The highest BCUT2D eigenvalue weighted by Gasteiger charge is 1.80. The Morgan fingerprint density at radius 2 is 1.50 bits per heavy atom. The van der Waals surface area contributed by atoms with Gasteiger partial charge in [0.25, 0.3) is 6.33 Å². The minimum atomic E-state index is 0. The second-order valence-electron chi connectivity index (χ2n) is 1.31. The Hall–Kier alpha value is -0.990. The zero-order valence-electron chi connectivity index (χ0n) is 6.07. The lowest BCUT2D eigenvalue weighted by Crippen LogP contribution is -2.27. The molecule has 1 aromatic rings. The van der Waals surface area contributed by atoms with E-state index in [1.54, 1.807) is 17.2 Å². The van der Waals surface area contributed by atoms with Gasteiger partial charge in [0.05, 0.1) is 7.05 Å². The molecule has 0 N–H and O–H groups in total. The molecule has 0 amide bonds. The summed E-state index contributed by atoms with van der Waals surface area (Å²) in [4.78, 5) is 7.47. The van der Waals surface area contributed by atoms with Crippen molar-refractivity contribution in [1.29, 1.82) is 0 Å². The quantitative estimate of drug-likeness (QED) is 0.505. The van der Waals surface area contributed by atoms with Crippen molar-refractivity contribution in [2.75, 3.05) is 0 Å². The first-order chi connectivity index (χ1) is 4.39. The molecule has 0 aliphatic heterocycles. The first kappa shape index (κ1) is 11.8. The van der Waals surface area contributed by atoms with Crippen LogP contribution >= 0.6 is 0 Å². The second-order valence-corrected chi connectivity index (χ2v) is 1.31. The van der Waals surface area contributed by atoms with E-state index in [0.717, 1.165) is 0 Å². The van der Waals surface area contributed by atoms with Gasteiger partial charge in [-0.2, -0.15) is 0 Å². The van der Waals surface area contributed by atoms with Crippen molar-refractivity contribution in [3.8, 4) is 0 Å². The van der Waals surface area contributed by atoms with Gasteiger partial charge in [0.15, 0.2) is 0 Å². The lowest BCUT2D eigenvalue weighted by molar-refractivity contribution is -0.677. The van der Waals surface area contributed by atoms with E-state index in [0.29, 0.717) is 0 Å². The monoisotopic (exact) mass is 142 g/mol. The SMILES string of the molecule is C.CC.C[n+]1cncnc1. The Labute approximate surface area is 62.8 Å². The highest BCUT2D eigenvalue weighted by atomic mass is 15.0. The van der Waals surface area contributed by atoms with Crippen LogP contribution < -0.4 is 4.57 Å². The van der Waals surface area contributed by atoms with Crippen LogP contribution in [-0.2, 0) is 7.05 Å². The molecule has 0 aromatic carbocycles. The van der Waals surface area contributed by atoms with Crippen LogP contribution in [0.2, 0.25) is 0 Å². The molecular formula is C7H16N3+. The number of aryl methyl sites for hydroxylation is 1. The molecule has 10 heavy (non-hydrogen) atoms. The average molecular weight is 142 g/mol. The molecule has 0 aliphatic carbocycles. The topological polar surface area (TPSA) is 29.7 Å². The summed E-state index contributed by atoms with van der Waals surface area (Å²) in [6, 6.07) is 0. The van der Waals surface area contributed by atoms with Crippen molar-refractivity contribution in [3.63, 3.8) is 0 Å². The van der Waals surface area contributed by atoms with Gasteiger partial charge in [0.1, 0.15) is 0 Å². The summed E-state index contributed by atoms with van der Waals surface area (Å²) < 4.78 is 1.78. The van der Waals surface area contributed by atoms with Crippen molar-refractivity contribution < 1.29 is 4.57 Å². The first-order valence-electron chi connectivity index (χ1n) is 3.00. The van der Waals surface area contributed by atoms with Gasteiger partial charge in [0.2, 0.25) is 12.7 Å². The predicted octanol–water partition coefficient (Wildman–Crippen LogP) is 0.963. The first-order valence-corrected chi connectivity index (χ1v) is 3.00. The van der Waals surface area contributed by atoms with Gasteiger partial charge >= 0.3 is 0 Å². The molecule has 0 spiro atoms. The van der Waals surface area contributed by atoms with Crippen LogP contribution in [0, 0.1) is 0 Å². The number of nitrogens with zero attached hydrogens (tertiary/aromatic N) is 3. The molecule has 1 aromatic heterocycles. The number of aromatic nitrogens is 3. The summed E-state index contributed by atoms with van der Waals surface area (Å²) in [5.74, 6) is 0. The summed E-state index contributed by atoms with van der Waals surface area (Å²) in [6.45, 7) is 4.00. The van der Waals surface area contributed by atoms with Crippen molar-refractivity contribution in [3.05, 3.63) is 19.0 Å². The fourth-order valence-corrected chi connectivity index (χ4v) is 0.338. The summed E-state index contributed by atoms with van der Waals surface area (Å²) in [6.07, 6.45) is 4.88. The Balaban J connectivity index is 0. The van der Waals surface area contributed by atoms with E-state index in [4.69, 9.17) is 0 Å². The van der Waals surface area contributed by atoms with E-state index in [-0.39, 0.29) is 7.43 Å². The van der Waals surface area contributed by atoms with Crippen molar-refractivity contribution >= 4 is 0 Å². The second kappa shape index (κ2) is 8.01. The zero-order chi connectivity index (χ0) is 7.11. The molecule has 1 heterocycles. The van der Waals surface area contributed by atoms with Crippen molar-refractivity contribution in [2.24, 2.45) is 7.05 Å². The van der Waals surface area contributed by atoms with Gasteiger partial charge < -0.3 is 0 Å². The molecule has 3 nitrogen and oxygen atoms in total. The lowest BCUT2D eigenvalue weighted by Gasteiger charge is -1.77. The maximum Gasteiger partial charge on any atom is 0.263 e. The summed E-state index contributed by atoms with van der Waals surface area (Å²) in [7, 11) is 1.88. The Morgan fingerprint density at radius 1 is 1.10 bits per heavy atom. The van der Waals surface area contributed by atoms with E-state index < -0.39 is 0 Å². The van der Waals surface area contributed by atoms with Gasteiger partial charge in [0, 0.05) is 0 Å². The van der Waals surface area contributed by atoms with Crippen LogP contribution in [0.15, 0.2) is 19.0 Å². The molecule has 1 rings (SSSR count). The molecule has 0 radical (unpaired) electrons. The fourth-order valence-electron chi connectivity index (χ4n) is 0.338. The van der Waals surface area contributed by atoms with Gasteiger partial charge in [-0.1, -0.05) is 31.2 Å². The zero-order valence-corrected chi connectivity index (χ0v) is 6.07. The summed E-state index contributed by atoms with van der Waals surface area (Å²) in [5.41, 5.74) is 0. The highest BCUT2D eigenvalue weighted by molar-refractivity contribution is 4.41. The molecule has 0 bridgehead atoms. The fraction of sp³-hybridized carbons (Fsp3) is 0.571. The molecule has 0 fully saturated rings. The van der Waals surface area contributed by atoms with E-state index in [1.165, 1.54) is 6.33 Å². The van der Waals surface area contributed by atoms with E-state index in [1.807, 2.05) is 20.9 Å². The third kappa shape index (κ3) is 5.15. The number of rotatable bonds is 0. The molecule has 0 saturated heterocycles. The minimum absolute atomic E-state index is 0. The van der Waals surface area contributed by atoms with Crippen LogP contribution in [0.3, 0.4) is 0 Å². The van der Waals surface area contributed by atoms with Gasteiger partial charge in [-0.3, -0.25) is 0 Å². The number of hydrogen-bond acceptors (Lipinski definition) is 2. The maximum absolute atomic E-state index is 3.74.